The predicted octanol–water partition coefficient (Wildman–Crippen LogP) is -1.22. The molecule has 1 unspecified atom stereocenters. The molecule has 0 saturated carbocycles. The molecule has 0 heterocycles. The predicted molar refractivity (Wildman–Crippen MR) is 119 cm³/mol. The zero-order valence-electron chi connectivity index (χ0n) is 18.3. The maximum atomic E-state index is 9.48. The first-order chi connectivity index (χ1) is 12.8. The van der Waals surface area contributed by atoms with Crippen LogP contribution in [-0.4, -0.2) is 15.4 Å². The minimum atomic E-state index is -0.495. The summed E-state index contributed by atoms with van der Waals surface area (Å²) in [6.45, 7) is 10.3. The van der Waals surface area contributed by atoms with Crippen LogP contribution >= 0.6 is 0 Å². The molecule has 1 amide bonds. The fourth-order valence-corrected chi connectivity index (χ4v) is 3.67. The summed E-state index contributed by atoms with van der Waals surface area (Å²) in [5.74, 6) is 0.0648. The SMILES string of the molecule is CC1=[C-]C(C)C(C)=C1C.CCC([NH-])=O.[Cl-].[Cl-].[Ti+4].c1ccc([SiH]c2ccccc2)cc1. The van der Waals surface area contributed by atoms with Gasteiger partial charge in [-0.05, 0) is 6.42 Å². The van der Waals surface area contributed by atoms with E-state index in [1.165, 1.54) is 27.1 Å². The van der Waals surface area contributed by atoms with Crippen molar-refractivity contribution in [3.63, 3.8) is 0 Å². The minimum Gasteiger partial charge on any atom is -1.00 e. The molecule has 0 fully saturated rings. The van der Waals surface area contributed by atoms with Crippen LogP contribution in [0, 0.1) is 12.0 Å². The summed E-state index contributed by atoms with van der Waals surface area (Å²) in [6, 6.07) is 21.3. The van der Waals surface area contributed by atoms with Crippen molar-refractivity contribution in [2.75, 3.05) is 0 Å². The molecule has 1 aliphatic rings. The molecule has 6 heteroatoms. The van der Waals surface area contributed by atoms with Crippen LogP contribution in [0.2, 0.25) is 0 Å². The number of nitrogens with one attached hydrogen (secondary N) is 1. The van der Waals surface area contributed by atoms with Crippen molar-refractivity contribution in [2.24, 2.45) is 5.92 Å². The van der Waals surface area contributed by atoms with Crippen LogP contribution in [0.15, 0.2) is 77.4 Å². The van der Waals surface area contributed by atoms with E-state index in [4.69, 9.17) is 5.73 Å². The molecule has 0 spiro atoms. The second-order valence-corrected chi connectivity index (χ2v) is 8.16. The topological polar surface area (TPSA) is 40.9 Å². The smallest absolute Gasteiger partial charge is 1.00 e. The fraction of sp³-hybridized carbons (Fsp3) is 0.292. The van der Waals surface area contributed by atoms with Crippen molar-refractivity contribution in [2.45, 2.75) is 41.0 Å². The number of hydrogen-bond acceptors (Lipinski definition) is 1. The third-order valence-corrected chi connectivity index (χ3v) is 5.93. The summed E-state index contributed by atoms with van der Waals surface area (Å²) < 4.78 is 0. The Bertz CT molecular complexity index is 743. The van der Waals surface area contributed by atoms with Crippen LogP contribution in [0.5, 0.6) is 0 Å². The molecule has 1 N–H and O–H groups in total. The molecule has 1 aliphatic carbocycles. The van der Waals surface area contributed by atoms with Crippen LogP contribution < -0.4 is 35.2 Å². The Kier molecular flexibility index (Phi) is 20.9. The fourth-order valence-electron chi connectivity index (χ4n) is 2.45. The maximum Gasteiger partial charge on any atom is 4.00 e. The van der Waals surface area contributed by atoms with E-state index in [-0.39, 0.29) is 56.1 Å². The molecular weight excluding hydrogens is 465 g/mol. The number of hydrogen-bond donors (Lipinski definition) is 0. The Morgan fingerprint density at radius 2 is 1.30 bits per heavy atom. The Morgan fingerprint density at radius 1 is 0.933 bits per heavy atom. The molecule has 3 rings (SSSR count). The van der Waals surface area contributed by atoms with Crippen molar-refractivity contribution < 1.29 is 51.3 Å². The Balaban J connectivity index is -0.000000381. The van der Waals surface area contributed by atoms with Gasteiger partial charge in [-0.15, -0.1) is 6.92 Å². The van der Waals surface area contributed by atoms with E-state index in [2.05, 4.69) is 94.4 Å². The van der Waals surface area contributed by atoms with Gasteiger partial charge in [-0.2, -0.15) is 11.1 Å². The van der Waals surface area contributed by atoms with Crippen LogP contribution in [0.1, 0.15) is 41.0 Å². The van der Waals surface area contributed by atoms with E-state index in [0.29, 0.717) is 12.3 Å². The van der Waals surface area contributed by atoms with Gasteiger partial charge >= 0.3 is 21.7 Å². The van der Waals surface area contributed by atoms with Crippen LogP contribution in [0.4, 0.5) is 0 Å². The van der Waals surface area contributed by atoms with E-state index in [1.807, 2.05) is 0 Å². The monoisotopic (exact) mass is 494 g/mol. The summed E-state index contributed by atoms with van der Waals surface area (Å²) >= 11 is 0. The summed E-state index contributed by atoms with van der Waals surface area (Å²) in [7, 11) is 0.271. The Hall–Kier alpha value is -1.10. The van der Waals surface area contributed by atoms with Crippen molar-refractivity contribution in [3.8, 4) is 0 Å². The third kappa shape index (κ3) is 13.3. The van der Waals surface area contributed by atoms with Gasteiger partial charge in [0.15, 0.2) is 0 Å². The average Bonchev–Trinajstić information content (AvgIpc) is 2.90. The second kappa shape index (κ2) is 18.7. The average molecular weight is 495 g/mol. The van der Waals surface area contributed by atoms with E-state index < -0.39 is 5.91 Å². The number of benzene rings is 2. The first-order valence-corrected chi connectivity index (χ1v) is 10.5. The quantitative estimate of drug-likeness (QED) is 0.389. The van der Waals surface area contributed by atoms with Crippen LogP contribution in [-0.2, 0) is 26.5 Å². The van der Waals surface area contributed by atoms with Crippen LogP contribution in [0.25, 0.3) is 5.73 Å². The first-order valence-electron chi connectivity index (χ1n) is 9.32. The van der Waals surface area contributed by atoms with Gasteiger partial charge in [0.1, 0.15) is 9.52 Å². The molecule has 30 heavy (non-hydrogen) atoms. The molecule has 0 bridgehead atoms. The maximum absolute atomic E-state index is 9.48. The summed E-state index contributed by atoms with van der Waals surface area (Å²) in [5.41, 5.74) is 10.4. The normalized spacial score (nSPS) is 13.6. The van der Waals surface area contributed by atoms with Gasteiger partial charge in [-0.3, -0.25) is 6.08 Å². The van der Waals surface area contributed by atoms with Gasteiger partial charge in [0, 0.05) is 5.91 Å². The van der Waals surface area contributed by atoms with Gasteiger partial charge in [0.05, 0.1) is 0 Å². The molecule has 0 saturated heterocycles. The van der Waals surface area contributed by atoms with E-state index in [1.54, 1.807) is 6.92 Å². The van der Waals surface area contributed by atoms with Gasteiger partial charge < -0.3 is 35.3 Å². The van der Waals surface area contributed by atoms with Crippen molar-refractivity contribution in [3.05, 3.63) is 89.2 Å². The molecule has 2 nitrogen and oxygen atoms in total. The largest absolute Gasteiger partial charge is 4.00 e. The van der Waals surface area contributed by atoms with Gasteiger partial charge in [-0.25, -0.2) is 5.57 Å². The van der Waals surface area contributed by atoms with Gasteiger partial charge in [0.25, 0.3) is 0 Å². The molecule has 2 aromatic carbocycles. The first kappa shape index (κ1) is 33.5. The number of carbonyl (C=O) groups excluding carboxylic acids is 1. The van der Waals surface area contributed by atoms with E-state index in [9.17, 15) is 4.79 Å². The van der Waals surface area contributed by atoms with Crippen LogP contribution in [0.3, 0.4) is 0 Å². The Labute approximate surface area is 212 Å². The number of allylic oxidation sites excluding steroid dienone is 4. The molecule has 0 aliphatic heterocycles. The summed E-state index contributed by atoms with van der Waals surface area (Å²) in [4.78, 5) is 9.48. The van der Waals surface area contributed by atoms with Crippen molar-refractivity contribution in [1.82, 2.24) is 0 Å². The number of amides is 1. The van der Waals surface area contributed by atoms with Crippen molar-refractivity contribution >= 4 is 25.8 Å². The zero-order chi connectivity index (χ0) is 20.2. The number of rotatable bonds is 3. The standard InChI is InChI=1S/C12H11Si.C9H13.C3H7NO.2ClH.Ti/c1-3-7-11(8-4-1)13-12-9-5-2-6-10-12;1-6-5-7(2)9(4)8(6)3;1-2-3(4)5;;;/h1-10,13H;6H,1-4H3;2H2,1H3,(H2,4,5);2*1H;/q;-1;;;;+4/p-3. The summed E-state index contributed by atoms with van der Waals surface area (Å²) in [6.07, 6.45) is 3.69. The number of carbonyl (C=O) groups is 1. The molecule has 0 aromatic heterocycles. The van der Waals surface area contributed by atoms with E-state index in [0.717, 1.165) is 0 Å². The van der Waals surface area contributed by atoms with Gasteiger partial charge in [0.2, 0.25) is 0 Å². The minimum absolute atomic E-state index is 0. The number of halogens is 2. The van der Waals surface area contributed by atoms with Gasteiger partial charge in [-0.1, -0.05) is 105 Å². The molecule has 2 aromatic rings. The van der Waals surface area contributed by atoms with E-state index >= 15 is 0 Å². The molecule has 159 valence electrons. The Morgan fingerprint density at radius 3 is 1.50 bits per heavy atom. The van der Waals surface area contributed by atoms with Crippen molar-refractivity contribution in [1.29, 1.82) is 0 Å². The molecule has 1 radical (unpaired) electrons. The summed E-state index contributed by atoms with van der Waals surface area (Å²) in [5, 5.41) is 2.90. The third-order valence-electron chi connectivity index (χ3n) is 4.49. The molecular formula is C24H30Cl2NOSiTi. The molecule has 1 atom stereocenters. The zero-order valence-corrected chi connectivity index (χ0v) is 22.5. The second-order valence-electron chi connectivity index (χ2n) is 6.54.